The van der Waals surface area contributed by atoms with E-state index >= 15 is 0 Å². The molecule has 2 aromatic rings. The number of fused-ring (bicyclic) bond motifs is 1. The van der Waals surface area contributed by atoms with Crippen LogP contribution in [0.2, 0.25) is 0 Å². The number of benzene rings is 1. The molecule has 164 valence electrons. The van der Waals surface area contributed by atoms with Crippen LogP contribution in [-0.2, 0) is 16.1 Å². The van der Waals surface area contributed by atoms with Crippen molar-refractivity contribution < 1.29 is 13.9 Å². The first-order valence-corrected chi connectivity index (χ1v) is 10.5. The number of halogens is 1. The Bertz CT molecular complexity index is 884. The fourth-order valence-corrected chi connectivity index (χ4v) is 4.27. The normalized spacial score (nSPS) is 18.4. The summed E-state index contributed by atoms with van der Waals surface area (Å²) in [7, 11) is 1.80. The van der Waals surface area contributed by atoms with Crippen molar-refractivity contribution in [2.45, 2.75) is 26.3 Å². The van der Waals surface area contributed by atoms with Gasteiger partial charge in [-0.2, -0.15) is 0 Å². The Labute approximate surface area is 194 Å². The average molecular weight is 526 g/mol. The standard InChI is InChI=1S/C22H30N4O3.HI/c1-16-18-5-3-4-6-19(18)29-20(16)15-24-22(23-2)26-9-7-17(8-10-26)21(27)25-11-13-28-14-12-25;/h3-6,17H,7-15H2,1-2H3,(H,23,24);1H. The highest BCUT2D eigenvalue weighted by Crippen LogP contribution is 2.25. The summed E-state index contributed by atoms with van der Waals surface area (Å²) < 4.78 is 11.4. The van der Waals surface area contributed by atoms with Crippen molar-refractivity contribution in [1.82, 2.24) is 15.1 Å². The number of hydrogen-bond acceptors (Lipinski definition) is 4. The zero-order valence-electron chi connectivity index (χ0n) is 17.7. The molecule has 1 N–H and O–H groups in total. The number of piperidine rings is 1. The lowest BCUT2D eigenvalue weighted by atomic mass is 9.95. The fraction of sp³-hybridized carbons (Fsp3) is 0.545. The predicted octanol–water partition coefficient (Wildman–Crippen LogP) is 3.01. The van der Waals surface area contributed by atoms with Gasteiger partial charge in [0.15, 0.2) is 5.96 Å². The van der Waals surface area contributed by atoms with Crippen LogP contribution in [0.3, 0.4) is 0 Å². The van der Waals surface area contributed by atoms with Crippen LogP contribution in [0.4, 0.5) is 0 Å². The summed E-state index contributed by atoms with van der Waals surface area (Å²) in [6.45, 7) is 7.11. The van der Waals surface area contributed by atoms with Gasteiger partial charge >= 0.3 is 0 Å². The molecule has 0 atom stereocenters. The summed E-state index contributed by atoms with van der Waals surface area (Å²) in [5, 5.41) is 4.59. The summed E-state index contributed by atoms with van der Waals surface area (Å²) in [6.07, 6.45) is 1.72. The van der Waals surface area contributed by atoms with E-state index in [2.05, 4.69) is 28.2 Å². The van der Waals surface area contributed by atoms with Crippen molar-refractivity contribution in [3.63, 3.8) is 0 Å². The van der Waals surface area contributed by atoms with Crippen LogP contribution < -0.4 is 5.32 Å². The van der Waals surface area contributed by atoms with Crippen LogP contribution in [0.25, 0.3) is 11.0 Å². The van der Waals surface area contributed by atoms with Crippen LogP contribution >= 0.6 is 24.0 Å². The number of nitrogens with zero attached hydrogens (tertiary/aromatic N) is 3. The quantitative estimate of drug-likeness (QED) is 0.379. The van der Waals surface area contributed by atoms with E-state index in [1.807, 2.05) is 23.1 Å². The topological polar surface area (TPSA) is 70.3 Å². The molecule has 0 unspecified atom stereocenters. The highest BCUT2D eigenvalue weighted by molar-refractivity contribution is 14.0. The van der Waals surface area contributed by atoms with Gasteiger partial charge in [-0.1, -0.05) is 18.2 Å². The second kappa shape index (κ2) is 10.5. The van der Waals surface area contributed by atoms with Gasteiger partial charge in [0.05, 0.1) is 19.8 Å². The van der Waals surface area contributed by atoms with Crippen LogP contribution in [-0.4, -0.2) is 68.1 Å². The molecule has 4 rings (SSSR count). The van der Waals surface area contributed by atoms with Crippen molar-refractivity contribution in [3.05, 3.63) is 35.6 Å². The van der Waals surface area contributed by atoms with Gasteiger partial charge in [0.2, 0.25) is 5.91 Å². The SMILES string of the molecule is CN=C(NCc1oc2ccccc2c1C)N1CCC(C(=O)N2CCOCC2)CC1.I. The fourth-order valence-electron chi connectivity index (χ4n) is 4.27. The highest BCUT2D eigenvalue weighted by Gasteiger charge is 2.30. The van der Waals surface area contributed by atoms with Crippen LogP contribution in [0.1, 0.15) is 24.2 Å². The van der Waals surface area contributed by atoms with Gasteiger partial charge < -0.3 is 24.3 Å². The van der Waals surface area contributed by atoms with Gasteiger partial charge in [-0.05, 0) is 25.8 Å². The predicted molar refractivity (Wildman–Crippen MR) is 128 cm³/mol. The number of nitrogens with one attached hydrogen (secondary N) is 1. The van der Waals surface area contributed by atoms with Crippen molar-refractivity contribution in [2.24, 2.45) is 10.9 Å². The lowest BCUT2D eigenvalue weighted by Crippen LogP contribution is -2.49. The maximum Gasteiger partial charge on any atom is 0.225 e. The molecule has 2 aliphatic rings. The monoisotopic (exact) mass is 526 g/mol. The Morgan fingerprint density at radius 3 is 2.50 bits per heavy atom. The summed E-state index contributed by atoms with van der Waals surface area (Å²) in [5.41, 5.74) is 2.08. The maximum atomic E-state index is 12.7. The number of aliphatic imine (C=N–C) groups is 1. The molecule has 0 spiro atoms. The third kappa shape index (κ3) is 4.91. The molecule has 8 heteroatoms. The van der Waals surface area contributed by atoms with E-state index in [0.717, 1.165) is 61.7 Å². The Kier molecular flexibility index (Phi) is 7.99. The minimum absolute atomic E-state index is 0. The molecule has 1 aromatic carbocycles. The maximum absolute atomic E-state index is 12.7. The number of morpholine rings is 1. The number of ether oxygens (including phenoxy) is 1. The van der Waals surface area contributed by atoms with Crippen molar-refractivity contribution in [3.8, 4) is 0 Å². The number of rotatable bonds is 3. The smallest absolute Gasteiger partial charge is 0.225 e. The summed E-state index contributed by atoms with van der Waals surface area (Å²) in [4.78, 5) is 21.4. The van der Waals surface area contributed by atoms with Gasteiger partial charge in [0.1, 0.15) is 11.3 Å². The number of hydrogen-bond donors (Lipinski definition) is 1. The first-order valence-electron chi connectivity index (χ1n) is 10.5. The van der Waals surface area contributed by atoms with E-state index in [-0.39, 0.29) is 35.8 Å². The van der Waals surface area contributed by atoms with Crippen LogP contribution in [0.5, 0.6) is 0 Å². The minimum Gasteiger partial charge on any atom is -0.459 e. The molecule has 3 heterocycles. The highest BCUT2D eigenvalue weighted by atomic mass is 127. The van der Waals surface area contributed by atoms with Crippen molar-refractivity contribution in [1.29, 1.82) is 0 Å². The number of carbonyl (C=O) groups excluding carboxylic acids is 1. The summed E-state index contributed by atoms with van der Waals surface area (Å²) in [6, 6.07) is 8.10. The summed E-state index contributed by atoms with van der Waals surface area (Å²) >= 11 is 0. The molecule has 0 radical (unpaired) electrons. The number of aryl methyl sites for hydroxylation is 1. The molecule has 30 heavy (non-hydrogen) atoms. The third-order valence-electron chi connectivity index (χ3n) is 6.03. The lowest BCUT2D eigenvalue weighted by molar-refractivity contribution is -0.140. The van der Waals surface area contributed by atoms with E-state index in [1.54, 1.807) is 7.05 Å². The van der Waals surface area contributed by atoms with E-state index in [4.69, 9.17) is 9.15 Å². The molecule has 1 amide bonds. The molecule has 2 fully saturated rings. The number of carbonyl (C=O) groups is 1. The molecule has 2 saturated heterocycles. The molecule has 7 nitrogen and oxygen atoms in total. The summed E-state index contributed by atoms with van der Waals surface area (Å²) in [5.74, 6) is 2.20. The number of likely N-dealkylation sites (tertiary alicyclic amines) is 1. The van der Waals surface area contributed by atoms with E-state index in [1.165, 1.54) is 5.56 Å². The second-order valence-corrected chi connectivity index (χ2v) is 7.75. The van der Waals surface area contributed by atoms with E-state index < -0.39 is 0 Å². The van der Waals surface area contributed by atoms with Gasteiger partial charge in [0.25, 0.3) is 0 Å². The second-order valence-electron chi connectivity index (χ2n) is 7.75. The molecule has 1 aromatic heterocycles. The Balaban J connectivity index is 0.00000256. The number of guanidine groups is 1. The number of amides is 1. The molecule has 0 saturated carbocycles. The average Bonchev–Trinajstić information content (AvgIpc) is 3.10. The Morgan fingerprint density at radius 2 is 1.83 bits per heavy atom. The minimum atomic E-state index is 0. The Hall–Kier alpha value is -1.81. The largest absolute Gasteiger partial charge is 0.459 e. The zero-order valence-corrected chi connectivity index (χ0v) is 20.1. The number of para-hydroxylation sites is 1. The molecule has 2 aliphatic heterocycles. The van der Waals surface area contributed by atoms with Crippen molar-refractivity contribution >= 4 is 46.8 Å². The lowest BCUT2D eigenvalue weighted by Gasteiger charge is -2.36. The van der Waals surface area contributed by atoms with E-state index in [9.17, 15) is 4.79 Å². The Morgan fingerprint density at radius 1 is 1.13 bits per heavy atom. The van der Waals surface area contributed by atoms with Gasteiger partial charge in [0, 0.05) is 50.1 Å². The molecular formula is C22H31IN4O3. The van der Waals surface area contributed by atoms with E-state index in [0.29, 0.717) is 19.8 Å². The van der Waals surface area contributed by atoms with Crippen LogP contribution in [0.15, 0.2) is 33.7 Å². The van der Waals surface area contributed by atoms with Gasteiger partial charge in [-0.25, -0.2) is 0 Å². The van der Waals surface area contributed by atoms with Gasteiger partial charge in [-0.3, -0.25) is 9.79 Å². The third-order valence-corrected chi connectivity index (χ3v) is 6.03. The first-order chi connectivity index (χ1) is 14.2. The first kappa shape index (κ1) is 22.9. The van der Waals surface area contributed by atoms with Gasteiger partial charge in [-0.15, -0.1) is 24.0 Å². The number of furan rings is 1. The molecule has 0 bridgehead atoms. The molecule has 0 aliphatic carbocycles. The van der Waals surface area contributed by atoms with Crippen LogP contribution in [0, 0.1) is 12.8 Å². The molecular weight excluding hydrogens is 495 g/mol. The zero-order chi connectivity index (χ0) is 20.2. The van der Waals surface area contributed by atoms with Crippen molar-refractivity contribution in [2.75, 3.05) is 46.4 Å².